The van der Waals surface area contributed by atoms with Crippen LogP contribution in [0.15, 0.2) is 91.3 Å². The standard InChI is InChI=1S/C26H28NSSi.C14H14N.Ir/c1-29(2,3)24-14-13-20(26-25(24)21-11-7-8-12-23(21)28-26)22-17-19(15-16-27-22)18-9-5-4-6-10-18;1-11(2)13-8-9-14(15-10-13)12-6-4-3-5-7-12;/h7-8,11-12,14-18H,4-6,9-10H2,1-3H3;3-6,8-11H,1-2H3;/q2*-1;. The summed E-state index contributed by atoms with van der Waals surface area (Å²) in [6.45, 7) is 11.6. The Morgan fingerprint density at radius 3 is 2.31 bits per heavy atom. The van der Waals surface area contributed by atoms with Crippen molar-refractivity contribution in [1.82, 2.24) is 9.97 Å². The van der Waals surface area contributed by atoms with E-state index in [0.29, 0.717) is 11.8 Å². The second kappa shape index (κ2) is 14.6. The summed E-state index contributed by atoms with van der Waals surface area (Å²) in [4.78, 5) is 9.24. The van der Waals surface area contributed by atoms with Gasteiger partial charge in [-0.3, -0.25) is 0 Å². The van der Waals surface area contributed by atoms with Crippen LogP contribution in [0.3, 0.4) is 0 Å². The summed E-state index contributed by atoms with van der Waals surface area (Å²) in [5, 5.41) is 4.35. The fourth-order valence-corrected chi connectivity index (χ4v) is 9.12. The van der Waals surface area contributed by atoms with Gasteiger partial charge in [-0.1, -0.05) is 100 Å². The van der Waals surface area contributed by atoms with E-state index in [0.717, 1.165) is 17.0 Å². The Morgan fingerprint density at radius 2 is 1.62 bits per heavy atom. The first-order valence-electron chi connectivity index (χ1n) is 16.1. The summed E-state index contributed by atoms with van der Waals surface area (Å²) >= 11 is 1.91. The molecule has 45 heavy (non-hydrogen) atoms. The molecule has 1 radical (unpaired) electrons. The average molecular weight is 803 g/mol. The Hall–Kier alpha value is -2.95. The first-order valence-corrected chi connectivity index (χ1v) is 20.4. The van der Waals surface area contributed by atoms with Crippen molar-refractivity contribution < 1.29 is 20.1 Å². The minimum absolute atomic E-state index is 0. The summed E-state index contributed by atoms with van der Waals surface area (Å²) in [6.07, 6.45) is 10.7. The molecule has 233 valence electrons. The van der Waals surface area contributed by atoms with Gasteiger partial charge in [-0.05, 0) is 63.8 Å². The maximum absolute atomic E-state index is 4.80. The van der Waals surface area contributed by atoms with Crippen LogP contribution < -0.4 is 5.19 Å². The van der Waals surface area contributed by atoms with Crippen molar-refractivity contribution in [1.29, 1.82) is 0 Å². The third kappa shape index (κ3) is 7.55. The van der Waals surface area contributed by atoms with E-state index in [1.165, 1.54) is 74.2 Å². The number of fused-ring (bicyclic) bond motifs is 3. The van der Waals surface area contributed by atoms with Crippen molar-refractivity contribution in [3.63, 3.8) is 0 Å². The summed E-state index contributed by atoms with van der Waals surface area (Å²) < 4.78 is 2.73. The van der Waals surface area contributed by atoms with Gasteiger partial charge in [0.1, 0.15) is 0 Å². The molecule has 0 spiro atoms. The molecule has 1 fully saturated rings. The molecule has 0 amide bonds. The van der Waals surface area contributed by atoms with Gasteiger partial charge in [0, 0.05) is 45.3 Å². The summed E-state index contributed by atoms with van der Waals surface area (Å²) in [5.74, 6) is 1.23. The van der Waals surface area contributed by atoms with Crippen LogP contribution in [0.25, 0.3) is 42.7 Å². The van der Waals surface area contributed by atoms with E-state index in [4.69, 9.17) is 4.98 Å². The summed E-state index contributed by atoms with van der Waals surface area (Å²) in [6, 6.07) is 34.7. The van der Waals surface area contributed by atoms with Crippen molar-refractivity contribution in [2.24, 2.45) is 0 Å². The quantitative estimate of drug-likeness (QED) is 0.128. The average Bonchev–Trinajstić information content (AvgIpc) is 3.45. The van der Waals surface area contributed by atoms with Gasteiger partial charge in [-0.25, -0.2) is 0 Å². The van der Waals surface area contributed by atoms with E-state index in [1.807, 2.05) is 48.0 Å². The van der Waals surface area contributed by atoms with Crippen LogP contribution in [0.4, 0.5) is 0 Å². The number of nitrogens with zero attached hydrogens (tertiary/aromatic N) is 2. The summed E-state index contributed by atoms with van der Waals surface area (Å²) in [5.41, 5.74) is 7.04. The number of thiophene rings is 1. The molecule has 7 rings (SSSR count). The molecule has 0 unspecified atom stereocenters. The third-order valence-corrected chi connectivity index (χ3v) is 12.0. The number of hydrogen-bond donors (Lipinski definition) is 0. The molecule has 2 nitrogen and oxygen atoms in total. The molecule has 0 saturated heterocycles. The van der Waals surface area contributed by atoms with Crippen LogP contribution in [0.1, 0.15) is 68.9 Å². The van der Waals surface area contributed by atoms with Gasteiger partial charge in [0.2, 0.25) is 0 Å². The molecule has 3 aromatic carbocycles. The fourth-order valence-electron chi connectivity index (χ4n) is 6.28. The molecule has 0 aliphatic heterocycles. The second-order valence-corrected chi connectivity index (χ2v) is 19.4. The van der Waals surface area contributed by atoms with E-state index in [2.05, 4.69) is 105 Å². The monoisotopic (exact) mass is 803 g/mol. The van der Waals surface area contributed by atoms with Crippen molar-refractivity contribution in [2.75, 3.05) is 0 Å². The molecule has 0 atom stereocenters. The zero-order chi connectivity index (χ0) is 30.7. The van der Waals surface area contributed by atoms with Crippen LogP contribution in [0, 0.1) is 12.1 Å². The molecule has 0 bridgehead atoms. The Labute approximate surface area is 287 Å². The molecule has 1 aliphatic carbocycles. The maximum atomic E-state index is 4.80. The molecule has 1 saturated carbocycles. The predicted octanol–water partition coefficient (Wildman–Crippen LogP) is 11.2. The van der Waals surface area contributed by atoms with Gasteiger partial charge in [-0.2, -0.15) is 11.3 Å². The van der Waals surface area contributed by atoms with Gasteiger partial charge in [0.15, 0.2) is 0 Å². The molecule has 3 heterocycles. The Kier molecular flexibility index (Phi) is 10.9. The number of aromatic nitrogens is 2. The molecule has 0 N–H and O–H groups in total. The van der Waals surface area contributed by atoms with Gasteiger partial charge < -0.3 is 9.97 Å². The second-order valence-electron chi connectivity index (χ2n) is 13.3. The maximum Gasteiger partial charge on any atom is 0.0300 e. The number of rotatable bonds is 5. The SMILES string of the molecule is CC(C)c1ccc(-c2[c-]cccc2)nc1.C[Si](C)(C)c1c[c-]c(-c2cc(C3CCCCC3)ccn2)c2sc3ccccc3c12.[Ir]. The summed E-state index contributed by atoms with van der Waals surface area (Å²) in [7, 11) is -1.49. The number of pyridine rings is 2. The molecule has 5 heteroatoms. The van der Waals surface area contributed by atoms with Gasteiger partial charge in [-0.15, -0.1) is 58.8 Å². The smallest absolute Gasteiger partial charge is 0.0300 e. The minimum atomic E-state index is -1.49. The fraction of sp³-hybridized carbons (Fsp3) is 0.300. The van der Waals surface area contributed by atoms with Crippen molar-refractivity contribution >= 4 is 44.8 Å². The van der Waals surface area contributed by atoms with Crippen LogP contribution in [0.5, 0.6) is 0 Å². The topological polar surface area (TPSA) is 25.8 Å². The largest absolute Gasteiger partial charge is 0.305 e. The predicted molar refractivity (Wildman–Crippen MR) is 193 cm³/mol. The third-order valence-electron chi connectivity index (χ3n) is 8.82. The van der Waals surface area contributed by atoms with E-state index in [9.17, 15) is 0 Å². The minimum Gasteiger partial charge on any atom is -0.305 e. The first-order chi connectivity index (χ1) is 21.3. The van der Waals surface area contributed by atoms with Crippen LogP contribution in [0.2, 0.25) is 19.6 Å². The van der Waals surface area contributed by atoms with Crippen LogP contribution >= 0.6 is 11.3 Å². The Balaban J connectivity index is 0.000000212. The molecule has 6 aromatic rings. The first kappa shape index (κ1) is 33.4. The normalized spacial score (nSPS) is 13.8. The Morgan fingerprint density at radius 1 is 0.844 bits per heavy atom. The van der Waals surface area contributed by atoms with E-state index in [1.54, 1.807) is 0 Å². The number of hydrogen-bond acceptors (Lipinski definition) is 3. The van der Waals surface area contributed by atoms with Crippen LogP contribution in [-0.2, 0) is 20.1 Å². The number of benzene rings is 3. The molecule has 3 aromatic heterocycles. The van der Waals surface area contributed by atoms with Crippen molar-refractivity contribution in [3.05, 3.63) is 115 Å². The molecule has 1 aliphatic rings. The zero-order valence-electron chi connectivity index (χ0n) is 27.0. The molecular formula is C40H42IrN2SSi-2. The van der Waals surface area contributed by atoms with Gasteiger partial charge in [0.25, 0.3) is 0 Å². The van der Waals surface area contributed by atoms with E-state index in [-0.39, 0.29) is 20.1 Å². The zero-order valence-corrected chi connectivity index (χ0v) is 31.2. The van der Waals surface area contributed by atoms with E-state index < -0.39 is 8.07 Å². The van der Waals surface area contributed by atoms with Crippen molar-refractivity contribution in [3.8, 4) is 22.5 Å². The molecular weight excluding hydrogens is 761 g/mol. The van der Waals surface area contributed by atoms with Crippen LogP contribution in [-0.4, -0.2) is 18.0 Å². The van der Waals surface area contributed by atoms with Crippen molar-refractivity contribution in [2.45, 2.75) is 77.4 Å². The van der Waals surface area contributed by atoms with E-state index >= 15 is 0 Å². The van der Waals surface area contributed by atoms with Gasteiger partial charge >= 0.3 is 0 Å². The Bertz CT molecular complexity index is 1850. The van der Waals surface area contributed by atoms with Gasteiger partial charge in [0.05, 0.1) is 0 Å².